The molecule has 2 atom stereocenters. The summed E-state index contributed by atoms with van der Waals surface area (Å²) in [7, 11) is 0. The maximum Gasteiger partial charge on any atom is 0.169 e. The standard InChI is InChI=1S/C17H22OS/c1-11-3-14(9-19-11)15(18)17-7-12-4-13(8-17)6-16(2,5-12)10-17/h3,9,12-13H,4-8,10H2,1-2H3. The monoisotopic (exact) mass is 274 g/mol. The Balaban J connectivity index is 1.72. The van der Waals surface area contributed by atoms with E-state index in [-0.39, 0.29) is 5.41 Å². The summed E-state index contributed by atoms with van der Waals surface area (Å²) < 4.78 is 0. The van der Waals surface area contributed by atoms with Crippen molar-refractivity contribution in [3.63, 3.8) is 0 Å². The first-order chi connectivity index (χ1) is 8.98. The van der Waals surface area contributed by atoms with Gasteiger partial charge in [0.1, 0.15) is 0 Å². The lowest BCUT2D eigenvalue weighted by molar-refractivity contribution is -0.0820. The molecular weight excluding hydrogens is 252 g/mol. The molecule has 4 aliphatic rings. The molecule has 0 saturated heterocycles. The summed E-state index contributed by atoms with van der Waals surface area (Å²) in [6, 6.07) is 2.11. The Labute approximate surface area is 119 Å². The smallest absolute Gasteiger partial charge is 0.169 e. The quantitative estimate of drug-likeness (QED) is 0.705. The van der Waals surface area contributed by atoms with Crippen LogP contribution in [0.3, 0.4) is 0 Å². The van der Waals surface area contributed by atoms with Crippen LogP contribution in [-0.2, 0) is 0 Å². The lowest BCUT2D eigenvalue weighted by Gasteiger charge is -2.60. The van der Waals surface area contributed by atoms with Crippen LogP contribution in [0.5, 0.6) is 0 Å². The second-order valence-electron chi connectivity index (χ2n) is 7.83. The van der Waals surface area contributed by atoms with Gasteiger partial charge in [-0.25, -0.2) is 0 Å². The van der Waals surface area contributed by atoms with E-state index < -0.39 is 0 Å². The van der Waals surface area contributed by atoms with Crippen LogP contribution in [0.15, 0.2) is 11.4 Å². The Kier molecular flexibility index (Phi) is 2.38. The number of rotatable bonds is 2. The molecule has 0 N–H and O–H groups in total. The highest BCUT2D eigenvalue weighted by atomic mass is 32.1. The third kappa shape index (κ3) is 1.75. The van der Waals surface area contributed by atoms with Gasteiger partial charge in [0.2, 0.25) is 0 Å². The molecule has 0 aromatic carbocycles. The van der Waals surface area contributed by atoms with Gasteiger partial charge in [-0.1, -0.05) is 6.92 Å². The summed E-state index contributed by atoms with van der Waals surface area (Å²) >= 11 is 1.72. The number of aryl methyl sites for hydroxylation is 1. The first-order valence-electron chi connectivity index (χ1n) is 7.58. The van der Waals surface area contributed by atoms with Gasteiger partial charge in [-0.2, -0.15) is 0 Å². The van der Waals surface area contributed by atoms with Crippen LogP contribution in [0.2, 0.25) is 0 Å². The molecule has 4 bridgehead atoms. The van der Waals surface area contributed by atoms with Crippen molar-refractivity contribution in [3.8, 4) is 0 Å². The zero-order valence-electron chi connectivity index (χ0n) is 11.9. The average molecular weight is 274 g/mol. The van der Waals surface area contributed by atoms with E-state index in [1.165, 1.54) is 37.0 Å². The normalized spacial score (nSPS) is 43.7. The van der Waals surface area contributed by atoms with Crippen LogP contribution < -0.4 is 0 Å². The fourth-order valence-electron chi connectivity index (χ4n) is 5.85. The van der Waals surface area contributed by atoms with E-state index >= 15 is 0 Å². The molecule has 1 nitrogen and oxygen atoms in total. The van der Waals surface area contributed by atoms with Crippen LogP contribution in [0.4, 0.5) is 0 Å². The third-order valence-electron chi connectivity index (χ3n) is 5.83. The first-order valence-corrected chi connectivity index (χ1v) is 8.46. The summed E-state index contributed by atoms with van der Waals surface area (Å²) in [5.41, 5.74) is 1.46. The zero-order chi connectivity index (χ0) is 13.3. The largest absolute Gasteiger partial charge is 0.294 e. The van der Waals surface area contributed by atoms with Gasteiger partial charge in [0.25, 0.3) is 0 Å². The number of carbonyl (C=O) groups excluding carboxylic acids is 1. The molecule has 2 heteroatoms. The van der Waals surface area contributed by atoms with E-state index in [0.717, 1.165) is 23.8 Å². The first kappa shape index (κ1) is 12.1. The van der Waals surface area contributed by atoms with Crippen molar-refractivity contribution in [1.29, 1.82) is 0 Å². The van der Waals surface area contributed by atoms with Crippen molar-refractivity contribution >= 4 is 17.1 Å². The molecule has 1 aromatic rings. The number of hydrogen-bond donors (Lipinski definition) is 0. The van der Waals surface area contributed by atoms with Crippen LogP contribution >= 0.6 is 11.3 Å². The van der Waals surface area contributed by atoms with Crippen LogP contribution in [-0.4, -0.2) is 5.78 Å². The molecular formula is C17H22OS. The molecule has 1 aromatic heterocycles. The summed E-state index contributed by atoms with van der Waals surface area (Å²) in [5.74, 6) is 2.13. The zero-order valence-corrected chi connectivity index (χ0v) is 12.7. The van der Waals surface area contributed by atoms with Crippen molar-refractivity contribution in [3.05, 3.63) is 21.9 Å². The van der Waals surface area contributed by atoms with E-state index in [1.54, 1.807) is 11.3 Å². The molecule has 102 valence electrons. The van der Waals surface area contributed by atoms with Gasteiger partial charge in [-0.05, 0) is 68.8 Å². The fraction of sp³-hybridized carbons (Fsp3) is 0.706. The van der Waals surface area contributed by atoms with Gasteiger partial charge in [-0.3, -0.25) is 4.79 Å². The second kappa shape index (κ2) is 3.72. The summed E-state index contributed by atoms with van der Waals surface area (Å²) in [4.78, 5) is 14.3. The summed E-state index contributed by atoms with van der Waals surface area (Å²) in [6.07, 6.45) is 7.65. The number of hydrogen-bond acceptors (Lipinski definition) is 2. The average Bonchev–Trinajstić information content (AvgIpc) is 2.71. The lowest BCUT2D eigenvalue weighted by atomic mass is 9.43. The van der Waals surface area contributed by atoms with E-state index in [4.69, 9.17) is 0 Å². The predicted octanol–water partition coefficient (Wildman–Crippen LogP) is 4.85. The van der Waals surface area contributed by atoms with E-state index in [0.29, 0.717) is 11.2 Å². The molecule has 4 fully saturated rings. The Morgan fingerprint density at radius 3 is 2.47 bits per heavy atom. The van der Waals surface area contributed by atoms with Gasteiger partial charge in [-0.15, -0.1) is 11.3 Å². The second-order valence-corrected chi connectivity index (χ2v) is 8.94. The molecule has 1 heterocycles. The van der Waals surface area contributed by atoms with Crippen LogP contribution in [0.1, 0.15) is 60.7 Å². The number of carbonyl (C=O) groups is 1. The van der Waals surface area contributed by atoms with Gasteiger partial charge >= 0.3 is 0 Å². The highest BCUT2D eigenvalue weighted by molar-refractivity contribution is 7.10. The van der Waals surface area contributed by atoms with Crippen molar-refractivity contribution in [2.45, 2.75) is 52.4 Å². The van der Waals surface area contributed by atoms with E-state index in [9.17, 15) is 4.79 Å². The molecule has 4 aliphatic carbocycles. The fourth-order valence-corrected chi connectivity index (χ4v) is 6.54. The van der Waals surface area contributed by atoms with Crippen LogP contribution in [0, 0.1) is 29.6 Å². The minimum Gasteiger partial charge on any atom is -0.294 e. The van der Waals surface area contributed by atoms with Crippen molar-refractivity contribution in [2.75, 3.05) is 0 Å². The molecule has 4 saturated carbocycles. The highest BCUT2D eigenvalue weighted by Gasteiger charge is 2.58. The maximum absolute atomic E-state index is 13.1. The molecule has 0 spiro atoms. The molecule has 5 rings (SSSR count). The number of Topliss-reactive ketones (excluding diaryl/α,β-unsaturated/α-hetero) is 1. The third-order valence-corrected chi connectivity index (χ3v) is 6.69. The van der Waals surface area contributed by atoms with Gasteiger partial charge in [0, 0.05) is 21.2 Å². The Bertz CT molecular complexity index is 527. The van der Waals surface area contributed by atoms with Gasteiger partial charge in [0.05, 0.1) is 0 Å². The molecule has 0 aliphatic heterocycles. The number of ketones is 1. The summed E-state index contributed by atoms with van der Waals surface area (Å²) in [6.45, 7) is 4.54. The minimum atomic E-state index is 0.00630. The van der Waals surface area contributed by atoms with Crippen molar-refractivity contribution in [1.82, 2.24) is 0 Å². The SMILES string of the molecule is Cc1cc(C(=O)C23CC4CC(CC(C)(C4)C2)C3)cs1. The predicted molar refractivity (Wildman–Crippen MR) is 78.6 cm³/mol. The Morgan fingerprint density at radius 1 is 1.26 bits per heavy atom. The molecule has 0 radical (unpaired) electrons. The van der Waals surface area contributed by atoms with E-state index in [1.807, 2.05) is 0 Å². The van der Waals surface area contributed by atoms with Crippen molar-refractivity contribution < 1.29 is 4.79 Å². The minimum absolute atomic E-state index is 0.00630. The Morgan fingerprint density at radius 2 is 1.95 bits per heavy atom. The summed E-state index contributed by atoms with van der Waals surface area (Å²) in [5, 5.41) is 2.08. The number of thiophene rings is 1. The van der Waals surface area contributed by atoms with Gasteiger partial charge in [0.15, 0.2) is 5.78 Å². The highest BCUT2D eigenvalue weighted by Crippen LogP contribution is 2.65. The molecule has 19 heavy (non-hydrogen) atoms. The lowest BCUT2D eigenvalue weighted by Crippen LogP contribution is -2.53. The van der Waals surface area contributed by atoms with Gasteiger partial charge < -0.3 is 0 Å². The maximum atomic E-state index is 13.1. The molecule has 2 unspecified atom stereocenters. The van der Waals surface area contributed by atoms with Crippen molar-refractivity contribution in [2.24, 2.45) is 22.7 Å². The topological polar surface area (TPSA) is 17.1 Å². The van der Waals surface area contributed by atoms with E-state index in [2.05, 4.69) is 25.3 Å². The van der Waals surface area contributed by atoms with Crippen LogP contribution in [0.25, 0.3) is 0 Å². The molecule has 0 amide bonds. The Hall–Kier alpha value is -0.630.